The van der Waals surface area contributed by atoms with Gasteiger partial charge in [0, 0.05) is 43.2 Å². The number of benzene rings is 2. The van der Waals surface area contributed by atoms with Gasteiger partial charge in [0.15, 0.2) is 5.65 Å². The average molecular weight is 607 g/mol. The predicted octanol–water partition coefficient (Wildman–Crippen LogP) is 5.16. The Morgan fingerprint density at radius 2 is 2.02 bits per heavy atom. The van der Waals surface area contributed by atoms with Gasteiger partial charge in [-0.25, -0.2) is 0 Å². The summed E-state index contributed by atoms with van der Waals surface area (Å²) < 4.78 is 1.78. The van der Waals surface area contributed by atoms with Crippen molar-refractivity contribution < 1.29 is 9.90 Å². The quantitative estimate of drug-likeness (QED) is 0.157. The number of β-amino-alcohol motifs (C(OH)–C–C–N with tert-alkyl or cyclic N) is 1. The van der Waals surface area contributed by atoms with Gasteiger partial charge < -0.3 is 26.4 Å². The molecular weight excluding hydrogens is 564 g/mol. The second-order valence-corrected chi connectivity index (χ2v) is 12.2. The van der Waals surface area contributed by atoms with Crippen LogP contribution in [0.4, 0.5) is 17.6 Å². The van der Waals surface area contributed by atoms with E-state index in [1.165, 1.54) is 16.7 Å². The molecule has 1 aliphatic heterocycles. The van der Waals surface area contributed by atoms with Crippen LogP contribution in [0.1, 0.15) is 66.5 Å². The molecule has 4 aromatic rings. The van der Waals surface area contributed by atoms with Gasteiger partial charge in [-0.05, 0) is 78.3 Å². The van der Waals surface area contributed by atoms with E-state index in [-0.39, 0.29) is 17.7 Å². The number of allylic oxidation sites excluding steroid dienone is 2. The Morgan fingerprint density at radius 1 is 1.18 bits per heavy atom. The number of aromatic nitrogens is 4. The van der Waals surface area contributed by atoms with Crippen molar-refractivity contribution in [1.29, 1.82) is 0 Å². The smallest absolute Gasteiger partial charge is 0.248 e. The van der Waals surface area contributed by atoms with Gasteiger partial charge in [0.2, 0.25) is 17.8 Å². The topological polar surface area (TPSA) is 128 Å². The molecule has 2 aliphatic rings. The Balaban J connectivity index is 1.27. The molecule has 2 aromatic carbocycles. The molecule has 234 valence electrons. The summed E-state index contributed by atoms with van der Waals surface area (Å²) in [6, 6.07) is 12.4. The summed E-state index contributed by atoms with van der Waals surface area (Å²) in [5.74, 6) is 1.37. The van der Waals surface area contributed by atoms with Crippen LogP contribution in [0, 0.1) is 12.8 Å². The summed E-state index contributed by atoms with van der Waals surface area (Å²) in [6.45, 7) is 10.9. The number of piperidine rings is 1. The van der Waals surface area contributed by atoms with Crippen LogP contribution < -0.4 is 21.3 Å². The zero-order chi connectivity index (χ0) is 31.5. The second-order valence-electron chi connectivity index (χ2n) is 12.2. The molecule has 0 unspecified atom stereocenters. The number of nitrogens with one attached hydrogen (secondary N) is 4. The van der Waals surface area contributed by atoms with E-state index in [4.69, 9.17) is 9.97 Å². The summed E-state index contributed by atoms with van der Waals surface area (Å²) in [4.78, 5) is 22.0. The van der Waals surface area contributed by atoms with Crippen molar-refractivity contribution >= 4 is 40.8 Å². The molecule has 0 spiro atoms. The molecule has 10 nitrogen and oxygen atoms in total. The number of hydrogen-bond donors (Lipinski definition) is 5. The van der Waals surface area contributed by atoms with Crippen LogP contribution in [-0.4, -0.2) is 56.3 Å². The van der Waals surface area contributed by atoms with Crippen molar-refractivity contribution in [2.75, 3.05) is 35.6 Å². The molecule has 0 radical (unpaired) electrons. The number of amides is 1. The van der Waals surface area contributed by atoms with Crippen molar-refractivity contribution in [3.63, 3.8) is 0 Å². The SMILES string of the molecule is C/C=C/C(=O)Nc1cccc2c1CC(c1cccc(C)c1CNc1nc(NC[C@H]3CCNC[C@@H]3O)nc3c(C(C)C)cnn13)=C2. The van der Waals surface area contributed by atoms with E-state index < -0.39 is 6.10 Å². The maximum absolute atomic E-state index is 12.3. The number of nitrogens with zero attached hydrogens (tertiary/aromatic N) is 4. The van der Waals surface area contributed by atoms with Crippen molar-refractivity contribution in [3.05, 3.63) is 88.1 Å². The van der Waals surface area contributed by atoms with Gasteiger partial charge in [0.05, 0.1) is 12.3 Å². The first-order valence-electron chi connectivity index (χ1n) is 15.8. The maximum Gasteiger partial charge on any atom is 0.248 e. The molecule has 1 amide bonds. The number of aryl methyl sites for hydroxylation is 1. The van der Waals surface area contributed by atoms with Crippen LogP contribution in [-0.2, 0) is 17.8 Å². The van der Waals surface area contributed by atoms with Gasteiger partial charge >= 0.3 is 0 Å². The van der Waals surface area contributed by atoms with Gasteiger partial charge in [0.1, 0.15) is 0 Å². The van der Waals surface area contributed by atoms with Crippen LogP contribution in [0.15, 0.2) is 54.7 Å². The Bertz CT molecular complexity index is 1770. The number of aliphatic hydroxyl groups excluding tert-OH is 1. The largest absolute Gasteiger partial charge is 0.391 e. The standard InChI is InChI=1S/C35H42N8O2/c1-5-8-32(45)40-30-12-7-10-23-15-25(16-27(23)30)26-11-6-9-22(4)29(26)18-38-35-42-34(37-17-24-13-14-36-20-31(24)44)41-33-28(21(2)3)19-39-43(33)35/h5-12,15,19,21,24,31,36,44H,13-14,16-18,20H2,1-4H3,(H,40,45)(H2,37,38,41,42)/b8-5+/t24-,31+/m1/s1. The highest BCUT2D eigenvalue weighted by Crippen LogP contribution is 2.38. The Hall–Kier alpha value is -4.54. The summed E-state index contributed by atoms with van der Waals surface area (Å²) >= 11 is 0. The first kappa shape index (κ1) is 30.5. The lowest BCUT2D eigenvalue weighted by Gasteiger charge is -2.28. The molecule has 5 N–H and O–H groups in total. The number of fused-ring (bicyclic) bond motifs is 2. The lowest BCUT2D eigenvalue weighted by molar-refractivity contribution is -0.111. The summed E-state index contributed by atoms with van der Waals surface area (Å²) in [6.07, 6.45) is 8.59. The van der Waals surface area contributed by atoms with E-state index in [1.54, 1.807) is 16.7 Å². The average Bonchev–Trinajstić information content (AvgIpc) is 3.66. The molecule has 10 heteroatoms. The lowest BCUT2D eigenvalue weighted by atomic mass is 9.94. The third-order valence-corrected chi connectivity index (χ3v) is 8.79. The third kappa shape index (κ3) is 6.48. The fourth-order valence-corrected chi connectivity index (χ4v) is 6.24. The Kier molecular flexibility index (Phi) is 8.95. The summed E-state index contributed by atoms with van der Waals surface area (Å²) in [5.41, 5.74) is 9.61. The monoisotopic (exact) mass is 606 g/mol. The molecule has 2 atom stereocenters. The lowest BCUT2D eigenvalue weighted by Crippen LogP contribution is -2.43. The number of carbonyl (C=O) groups is 1. The highest BCUT2D eigenvalue weighted by Gasteiger charge is 2.24. The fourth-order valence-electron chi connectivity index (χ4n) is 6.24. The molecule has 0 bridgehead atoms. The fraction of sp³-hybridized carbons (Fsp3) is 0.371. The highest BCUT2D eigenvalue weighted by molar-refractivity contribution is 6.01. The minimum absolute atomic E-state index is 0.129. The van der Waals surface area contributed by atoms with Crippen molar-refractivity contribution in [3.8, 4) is 0 Å². The van der Waals surface area contributed by atoms with Gasteiger partial charge in [-0.3, -0.25) is 4.79 Å². The number of aliphatic hydroxyl groups is 1. The molecule has 6 rings (SSSR count). The van der Waals surface area contributed by atoms with E-state index in [9.17, 15) is 9.90 Å². The number of hydrogen-bond acceptors (Lipinski definition) is 8. The first-order valence-corrected chi connectivity index (χ1v) is 15.8. The van der Waals surface area contributed by atoms with E-state index in [0.717, 1.165) is 53.0 Å². The molecule has 1 aliphatic carbocycles. The van der Waals surface area contributed by atoms with Gasteiger partial charge in [-0.15, -0.1) is 0 Å². The molecule has 0 saturated carbocycles. The summed E-state index contributed by atoms with van der Waals surface area (Å²) in [7, 11) is 0. The molecule has 45 heavy (non-hydrogen) atoms. The van der Waals surface area contributed by atoms with Crippen molar-refractivity contribution in [2.45, 2.75) is 59.1 Å². The number of rotatable bonds is 10. The summed E-state index contributed by atoms with van der Waals surface area (Å²) in [5, 5.41) is 28.4. The van der Waals surface area contributed by atoms with Gasteiger partial charge in [0.25, 0.3) is 0 Å². The van der Waals surface area contributed by atoms with Crippen LogP contribution in [0.3, 0.4) is 0 Å². The Labute approximate surface area is 264 Å². The minimum Gasteiger partial charge on any atom is -0.391 e. The predicted molar refractivity (Wildman–Crippen MR) is 180 cm³/mol. The normalized spacial score (nSPS) is 18.0. The van der Waals surface area contributed by atoms with Crippen LogP contribution in [0.2, 0.25) is 0 Å². The van der Waals surface area contributed by atoms with Crippen LogP contribution in [0.25, 0.3) is 17.3 Å². The molecule has 3 heterocycles. The van der Waals surface area contributed by atoms with Crippen LogP contribution in [0.5, 0.6) is 0 Å². The van der Waals surface area contributed by atoms with E-state index >= 15 is 0 Å². The van der Waals surface area contributed by atoms with Crippen molar-refractivity contribution in [2.24, 2.45) is 5.92 Å². The second kappa shape index (κ2) is 13.2. The number of carbonyl (C=O) groups excluding carboxylic acids is 1. The van der Waals surface area contributed by atoms with E-state index in [2.05, 4.69) is 77.5 Å². The van der Waals surface area contributed by atoms with Gasteiger partial charge in [-0.1, -0.05) is 56.3 Å². The minimum atomic E-state index is -0.398. The highest BCUT2D eigenvalue weighted by atomic mass is 16.3. The molecular formula is C35H42N8O2. The van der Waals surface area contributed by atoms with Crippen molar-refractivity contribution in [1.82, 2.24) is 24.9 Å². The molecule has 1 saturated heterocycles. The Morgan fingerprint density at radius 3 is 2.82 bits per heavy atom. The third-order valence-electron chi connectivity index (χ3n) is 8.79. The zero-order valence-electron chi connectivity index (χ0n) is 26.4. The first-order chi connectivity index (χ1) is 21.8. The molecule has 1 fully saturated rings. The number of anilines is 3. The maximum atomic E-state index is 12.3. The molecule has 2 aromatic heterocycles. The van der Waals surface area contributed by atoms with E-state index in [1.807, 2.05) is 25.3 Å². The van der Waals surface area contributed by atoms with Crippen LogP contribution >= 0.6 is 0 Å². The van der Waals surface area contributed by atoms with Gasteiger partial charge in [-0.2, -0.15) is 19.6 Å². The zero-order valence-corrected chi connectivity index (χ0v) is 26.4. The van der Waals surface area contributed by atoms with E-state index in [0.29, 0.717) is 31.5 Å².